The Bertz CT molecular complexity index is 1090. The minimum absolute atomic E-state index is 0.179. The van der Waals surface area contributed by atoms with E-state index >= 15 is 4.39 Å². The maximum Gasteiger partial charge on any atom is 0.165 e. The molecular weight excluding hydrogens is 414 g/mol. The lowest BCUT2D eigenvalue weighted by atomic mass is 9.64. The zero-order valence-corrected chi connectivity index (χ0v) is 19.3. The molecule has 0 spiro atoms. The molecule has 0 N–H and O–H groups in total. The first kappa shape index (κ1) is 22.1. The molecule has 0 aromatic heterocycles. The van der Waals surface area contributed by atoms with Gasteiger partial charge in [0, 0.05) is 5.56 Å². The van der Waals surface area contributed by atoms with Crippen LogP contribution in [0.25, 0.3) is 11.1 Å². The van der Waals surface area contributed by atoms with Gasteiger partial charge in [0.05, 0.1) is 0 Å². The highest BCUT2D eigenvalue weighted by Crippen LogP contribution is 2.47. The highest BCUT2D eigenvalue weighted by Gasteiger charge is 2.35. The van der Waals surface area contributed by atoms with Gasteiger partial charge in [-0.15, -0.1) is 0 Å². The summed E-state index contributed by atoms with van der Waals surface area (Å²) in [6, 6.07) is 19.9. The number of hydrogen-bond donors (Lipinski definition) is 0. The fourth-order valence-corrected chi connectivity index (χ4v) is 5.97. The Morgan fingerprint density at radius 1 is 0.788 bits per heavy atom. The van der Waals surface area contributed by atoms with Crippen LogP contribution in [0.1, 0.15) is 62.5 Å². The van der Waals surface area contributed by atoms with Crippen LogP contribution in [0.15, 0.2) is 66.7 Å². The van der Waals surface area contributed by atoms with Gasteiger partial charge in [-0.1, -0.05) is 61.9 Å². The normalized spacial score (nSPS) is 24.8. The summed E-state index contributed by atoms with van der Waals surface area (Å²) in [4.78, 5) is 0. The number of rotatable bonds is 5. The van der Waals surface area contributed by atoms with Gasteiger partial charge < -0.3 is 4.74 Å². The molecule has 2 aliphatic rings. The Hall–Kier alpha value is -2.68. The van der Waals surface area contributed by atoms with E-state index in [0.717, 1.165) is 35.3 Å². The second-order valence-electron chi connectivity index (χ2n) is 10.1. The van der Waals surface area contributed by atoms with Crippen LogP contribution in [-0.2, 0) is 6.61 Å². The first-order valence-corrected chi connectivity index (χ1v) is 12.3. The van der Waals surface area contributed by atoms with Crippen molar-refractivity contribution in [2.45, 2.75) is 58.0 Å². The summed E-state index contributed by atoms with van der Waals surface area (Å²) in [6.07, 6.45) is 7.60. The topological polar surface area (TPSA) is 9.23 Å². The molecule has 3 aromatic rings. The van der Waals surface area contributed by atoms with Crippen molar-refractivity contribution < 1.29 is 13.5 Å². The monoisotopic (exact) mass is 446 g/mol. The molecule has 0 bridgehead atoms. The van der Waals surface area contributed by atoms with E-state index < -0.39 is 5.82 Å². The SMILES string of the molecule is CC1CCC2CC(c3ccc(-c4ccc(OCc5ccccc5)c(F)c4)c(F)c3)CCC2C1. The minimum atomic E-state index is -0.475. The lowest BCUT2D eigenvalue weighted by Gasteiger charge is -2.41. The van der Waals surface area contributed by atoms with Crippen molar-refractivity contribution in [1.29, 1.82) is 0 Å². The number of benzene rings is 3. The summed E-state index contributed by atoms with van der Waals surface area (Å²) in [6.45, 7) is 2.67. The Morgan fingerprint density at radius 2 is 1.58 bits per heavy atom. The standard InChI is InChI=1S/C30H32F2O/c1-20-7-8-23-16-24(10-9-22(23)15-20)25-11-13-27(28(31)17-25)26-12-14-30(29(32)18-26)33-19-21-5-3-2-4-6-21/h2-6,11-14,17-18,20,22-24H,7-10,15-16,19H2,1H3. The highest BCUT2D eigenvalue weighted by atomic mass is 19.1. The number of fused-ring (bicyclic) bond motifs is 1. The van der Waals surface area contributed by atoms with E-state index in [0.29, 0.717) is 23.7 Å². The van der Waals surface area contributed by atoms with Crippen LogP contribution in [0.3, 0.4) is 0 Å². The second-order valence-corrected chi connectivity index (χ2v) is 10.1. The van der Waals surface area contributed by atoms with Crippen LogP contribution in [0.4, 0.5) is 8.78 Å². The number of halogens is 2. The summed E-state index contributed by atoms with van der Waals surface area (Å²) in [7, 11) is 0. The molecule has 1 nitrogen and oxygen atoms in total. The molecule has 2 fully saturated rings. The predicted octanol–water partition coefficient (Wildman–Crippen LogP) is 8.53. The molecule has 3 aromatic carbocycles. The molecule has 0 saturated heterocycles. The lowest BCUT2D eigenvalue weighted by molar-refractivity contribution is 0.124. The molecule has 0 radical (unpaired) electrons. The van der Waals surface area contributed by atoms with E-state index in [1.54, 1.807) is 18.2 Å². The van der Waals surface area contributed by atoms with Crippen LogP contribution in [-0.4, -0.2) is 0 Å². The van der Waals surface area contributed by atoms with Crippen molar-refractivity contribution in [1.82, 2.24) is 0 Å². The van der Waals surface area contributed by atoms with Crippen LogP contribution in [0.2, 0.25) is 0 Å². The van der Waals surface area contributed by atoms with Crippen molar-refractivity contribution in [3.05, 3.63) is 89.5 Å². The molecule has 0 aliphatic heterocycles. The molecule has 2 aliphatic carbocycles. The van der Waals surface area contributed by atoms with E-state index in [4.69, 9.17) is 4.74 Å². The molecule has 33 heavy (non-hydrogen) atoms. The maximum atomic E-state index is 15.1. The first-order chi connectivity index (χ1) is 16.1. The Balaban J connectivity index is 1.28. The summed E-state index contributed by atoms with van der Waals surface area (Å²) >= 11 is 0. The Morgan fingerprint density at radius 3 is 2.36 bits per heavy atom. The first-order valence-electron chi connectivity index (χ1n) is 12.3. The average Bonchev–Trinajstić information content (AvgIpc) is 2.83. The molecule has 5 rings (SSSR count). The van der Waals surface area contributed by atoms with Crippen LogP contribution >= 0.6 is 0 Å². The van der Waals surface area contributed by atoms with Gasteiger partial charge in [-0.05, 0) is 90.7 Å². The van der Waals surface area contributed by atoms with Crippen molar-refractivity contribution in [2.75, 3.05) is 0 Å². The lowest BCUT2D eigenvalue weighted by Crippen LogP contribution is -2.29. The second kappa shape index (κ2) is 9.67. The fourth-order valence-electron chi connectivity index (χ4n) is 5.97. The molecule has 0 heterocycles. The molecular formula is C30H32F2O. The zero-order chi connectivity index (χ0) is 22.8. The van der Waals surface area contributed by atoms with Gasteiger partial charge in [-0.2, -0.15) is 0 Å². The van der Waals surface area contributed by atoms with Gasteiger partial charge in [-0.3, -0.25) is 0 Å². The molecule has 172 valence electrons. The largest absolute Gasteiger partial charge is 0.486 e. The third-order valence-corrected chi connectivity index (χ3v) is 7.82. The summed E-state index contributed by atoms with van der Waals surface area (Å²) in [5, 5.41) is 0. The summed E-state index contributed by atoms with van der Waals surface area (Å²) in [5.41, 5.74) is 3.04. The van der Waals surface area contributed by atoms with Gasteiger partial charge in [0.25, 0.3) is 0 Å². The van der Waals surface area contributed by atoms with E-state index in [2.05, 4.69) is 6.92 Å². The predicted molar refractivity (Wildman–Crippen MR) is 129 cm³/mol. The quantitative estimate of drug-likeness (QED) is 0.381. The van der Waals surface area contributed by atoms with Crippen LogP contribution in [0.5, 0.6) is 5.75 Å². The molecule has 0 amide bonds. The molecule has 2 saturated carbocycles. The van der Waals surface area contributed by atoms with E-state index in [1.165, 1.54) is 38.2 Å². The van der Waals surface area contributed by atoms with E-state index in [1.807, 2.05) is 42.5 Å². The molecule has 4 atom stereocenters. The van der Waals surface area contributed by atoms with Gasteiger partial charge in [-0.25, -0.2) is 8.78 Å². The maximum absolute atomic E-state index is 15.1. The van der Waals surface area contributed by atoms with E-state index in [-0.39, 0.29) is 11.6 Å². The van der Waals surface area contributed by atoms with Gasteiger partial charge in [0.1, 0.15) is 12.4 Å². The average molecular weight is 447 g/mol. The van der Waals surface area contributed by atoms with Crippen molar-refractivity contribution >= 4 is 0 Å². The zero-order valence-electron chi connectivity index (χ0n) is 19.3. The van der Waals surface area contributed by atoms with Gasteiger partial charge in [0.15, 0.2) is 11.6 Å². The fraction of sp³-hybridized carbons (Fsp3) is 0.400. The summed E-state index contributed by atoms with van der Waals surface area (Å²) < 4.78 is 35.4. The molecule has 4 unspecified atom stereocenters. The highest BCUT2D eigenvalue weighted by molar-refractivity contribution is 5.65. The smallest absolute Gasteiger partial charge is 0.165 e. The summed E-state index contributed by atoms with van der Waals surface area (Å²) in [5.74, 6) is 2.38. The van der Waals surface area contributed by atoms with Gasteiger partial charge in [0.2, 0.25) is 0 Å². The number of ether oxygens (including phenoxy) is 1. The Labute approximate surface area is 195 Å². The third-order valence-electron chi connectivity index (χ3n) is 7.82. The van der Waals surface area contributed by atoms with Crippen LogP contribution in [0, 0.1) is 29.4 Å². The van der Waals surface area contributed by atoms with Crippen molar-refractivity contribution in [3.63, 3.8) is 0 Å². The minimum Gasteiger partial charge on any atom is -0.486 e. The molecule has 3 heteroatoms. The Kier molecular flexibility index (Phi) is 6.48. The van der Waals surface area contributed by atoms with Crippen molar-refractivity contribution in [3.8, 4) is 16.9 Å². The number of hydrogen-bond acceptors (Lipinski definition) is 1. The third kappa shape index (κ3) is 4.98. The van der Waals surface area contributed by atoms with Crippen LogP contribution < -0.4 is 4.74 Å². The van der Waals surface area contributed by atoms with Crippen molar-refractivity contribution in [2.24, 2.45) is 17.8 Å². The van der Waals surface area contributed by atoms with Gasteiger partial charge >= 0.3 is 0 Å². The van der Waals surface area contributed by atoms with E-state index in [9.17, 15) is 4.39 Å².